The van der Waals surface area contributed by atoms with E-state index < -0.39 is 13.0 Å². The highest BCUT2D eigenvalue weighted by Gasteiger charge is 2.28. The van der Waals surface area contributed by atoms with Gasteiger partial charge in [-0.1, -0.05) is 13.8 Å². The lowest BCUT2D eigenvalue weighted by Crippen LogP contribution is -2.19. The number of aromatic nitrogens is 3. The molecule has 0 aliphatic rings. The standard InChI is InChI=1S/C8H12F3N3O/c1-6(2)7-12-5-13-14(7)3-4-15-8(9,10)11/h5-6H,3-4H2,1-2H3. The maximum atomic E-state index is 11.7. The van der Waals surface area contributed by atoms with E-state index in [1.165, 1.54) is 11.0 Å². The predicted octanol–water partition coefficient (Wildman–Crippen LogP) is 1.94. The molecule has 1 aromatic heterocycles. The molecule has 86 valence electrons. The van der Waals surface area contributed by atoms with Gasteiger partial charge in [-0.05, 0) is 0 Å². The summed E-state index contributed by atoms with van der Waals surface area (Å²) in [7, 11) is 0. The van der Waals surface area contributed by atoms with Gasteiger partial charge in [-0.15, -0.1) is 13.2 Å². The summed E-state index contributed by atoms with van der Waals surface area (Å²) in [5, 5.41) is 3.82. The maximum Gasteiger partial charge on any atom is 0.522 e. The Bertz CT molecular complexity index is 308. The van der Waals surface area contributed by atoms with Gasteiger partial charge in [0.25, 0.3) is 0 Å². The summed E-state index contributed by atoms with van der Waals surface area (Å²) >= 11 is 0. The maximum absolute atomic E-state index is 11.7. The Morgan fingerprint density at radius 3 is 2.67 bits per heavy atom. The van der Waals surface area contributed by atoms with E-state index in [2.05, 4.69) is 14.8 Å². The molecule has 0 N–H and O–H groups in total. The van der Waals surface area contributed by atoms with Crippen molar-refractivity contribution in [2.24, 2.45) is 0 Å². The zero-order chi connectivity index (χ0) is 11.5. The third-order valence-electron chi connectivity index (χ3n) is 1.73. The fraction of sp³-hybridized carbons (Fsp3) is 0.750. The highest BCUT2D eigenvalue weighted by molar-refractivity contribution is 4.90. The Morgan fingerprint density at radius 2 is 2.13 bits per heavy atom. The molecule has 0 amide bonds. The van der Waals surface area contributed by atoms with Gasteiger partial charge in [0.2, 0.25) is 0 Å². The molecule has 0 saturated carbocycles. The van der Waals surface area contributed by atoms with Crippen LogP contribution in [-0.4, -0.2) is 27.7 Å². The van der Waals surface area contributed by atoms with Crippen LogP contribution in [0.25, 0.3) is 0 Å². The highest BCUT2D eigenvalue weighted by Crippen LogP contribution is 2.16. The molecule has 1 aromatic rings. The first kappa shape index (κ1) is 12.0. The molecule has 0 aliphatic carbocycles. The molecular weight excluding hydrogens is 211 g/mol. The third-order valence-corrected chi connectivity index (χ3v) is 1.73. The van der Waals surface area contributed by atoms with Gasteiger partial charge in [0.05, 0.1) is 13.2 Å². The minimum atomic E-state index is -4.58. The topological polar surface area (TPSA) is 39.9 Å². The number of halogens is 3. The van der Waals surface area contributed by atoms with Gasteiger partial charge in [0.15, 0.2) is 0 Å². The lowest BCUT2D eigenvalue weighted by Gasteiger charge is -2.10. The minimum Gasteiger partial charge on any atom is -0.290 e. The lowest BCUT2D eigenvalue weighted by molar-refractivity contribution is -0.325. The van der Waals surface area contributed by atoms with E-state index in [1.54, 1.807) is 0 Å². The quantitative estimate of drug-likeness (QED) is 0.783. The minimum absolute atomic E-state index is 0.0486. The fourth-order valence-corrected chi connectivity index (χ4v) is 1.14. The Hall–Kier alpha value is -1.11. The van der Waals surface area contributed by atoms with Gasteiger partial charge >= 0.3 is 6.36 Å². The molecule has 0 fully saturated rings. The van der Waals surface area contributed by atoms with Gasteiger partial charge < -0.3 is 0 Å². The van der Waals surface area contributed by atoms with E-state index in [4.69, 9.17) is 0 Å². The summed E-state index contributed by atoms with van der Waals surface area (Å²) in [6.07, 6.45) is -3.26. The molecule has 0 spiro atoms. The number of nitrogens with zero attached hydrogens (tertiary/aromatic N) is 3. The molecule has 15 heavy (non-hydrogen) atoms. The van der Waals surface area contributed by atoms with Gasteiger partial charge in [-0.25, -0.2) is 9.67 Å². The molecular formula is C8H12F3N3O. The van der Waals surface area contributed by atoms with Crippen molar-refractivity contribution in [1.82, 2.24) is 14.8 Å². The summed E-state index contributed by atoms with van der Waals surface area (Å²) in [5.74, 6) is 0.777. The van der Waals surface area contributed by atoms with E-state index in [1.807, 2.05) is 13.8 Å². The molecule has 7 heteroatoms. The molecule has 1 heterocycles. The Kier molecular flexibility index (Phi) is 3.67. The average molecular weight is 223 g/mol. The van der Waals surface area contributed by atoms with E-state index in [-0.39, 0.29) is 12.5 Å². The zero-order valence-corrected chi connectivity index (χ0v) is 8.45. The van der Waals surface area contributed by atoms with E-state index in [0.717, 1.165) is 0 Å². The SMILES string of the molecule is CC(C)c1ncnn1CCOC(F)(F)F. The van der Waals surface area contributed by atoms with Gasteiger partial charge in [-0.2, -0.15) is 5.10 Å². The van der Waals surface area contributed by atoms with Crippen LogP contribution in [0, 0.1) is 0 Å². The highest BCUT2D eigenvalue weighted by atomic mass is 19.4. The first-order chi connectivity index (χ1) is 6.90. The van der Waals surface area contributed by atoms with Crippen LogP contribution in [0.5, 0.6) is 0 Å². The molecule has 0 unspecified atom stereocenters. The van der Waals surface area contributed by atoms with Crippen LogP contribution in [0.15, 0.2) is 6.33 Å². The Labute approximate surface area is 85.1 Å². The molecule has 0 saturated heterocycles. The molecule has 0 radical (unpaired) electrons. The number of alkyl halides is 3. The van der Waals surface area contributed by atoms with Crippen molar-refractivity contribution in [3.63, 3.8) is 0 Å². The van der Waals surface area contributed by atoms with Crippen molar-refractivity contribution in [2.75, 3.05) is 6.61 Å². The molecule has 4 nitrogen and oxygen atoms in total. The molecule has 0 atom stereocenters. The largest absolute Gasteiger partial charge is 0.522 e. The van der Waals surface area contributed by atoms with Gasteiger partial charge in [0.1, 0.15) is 12.2 Å². The number of ether oxygens (including phenoxy) is 1. The van der Waals surface area contributed by atoms with Crippen molar-refractivity contribution in [3.05, 3.63) is 12.2 Å². The number of hydrogen-bond acceptors (Lipinski definition) is 3. The molecule has 0 aliphatic heterocycles. The number of hydrogen-bond donors (Lipinski definition) is 0. The van der Waals surface area contributed by atoms with Crippen molar-refractivity contribution in [1.29, 1.82) is 0 Å². The Balaban J connectivity index is 2.47. The van der Waals surface area contributed by atoms with Gasteiger partial charge in [0, 0.05) is 5.92 Å². The van der Waals surface area contributed by atoms with Crippen LogP contribution < -0.4 is 0 Å². The Morgan fingerprint density at radius 1 is 1.47 bits per heavy atom. The summed E-state index contributed by atoms with van der Waals surface area (Å²) in [6, 6.07) is 0. The smallest absolute Gasteiger partial charge is 0.290 e. The summed E-state index contributed by atoms with van der Waals surface area (Å²) in [6.45, 7) is 3.38. The van der Waals surface area contributed by atoms with E-state index in [0.29, 0.717) is 5.82 Å². The number of rotatable bonds is 4. The van der Waals surface area contributed by atoms with Crippen LogP contribution in [-0.2, 0) is 11.3 Å². The van der Waals surface area contributed by atoms with Crippen LogP contribution in [0.4, 0.5) is 13.2 Å². The fourth-order valence-electron chi connectivity index (χ4n) is 1.14. The molecule has 1 rings (SSSR count). The average Bonchev–Trinajstić information content (AvgIpc) is 2.49. The second kappa shape index (κ2) is 4.61. The van der Waals surface area contributed by atoms with E-state index >= 15 is 0 Å². The normalized spacial score (nSPS) is 12.4. The zero-order valence-electron chi connectivity index (χ0n) is 8.45. The van der Waals surface area contributed by atoms with Crippen molar-refractivity contribution < 1.29 is 17.9 Å². The monoisotopic (exact) mass is 223 g/mol. The van der Waals surface area contributed by atoms with Crippen molar-refractivity contribution in [2.45, 2.75) is 32.7 Å². The van der Waals surface area contributed by atoms with Crippen molar-refractivity contribution in [3.8, 4) is 0 Å². The molecule has 0 bridgehead atoms. The summed E-state index contributed by atoms with van der Waals surface area (Å²) in [5.41, 5.74) is 0. The summed E-state index contributed by atoms with van der Waals surface area (Å²) < 4.78 is 40.1. The van der Waals surface area contributed by atoms with Crippen molar-refractivity contribution >= 4 is 0 Å². The van der Waals surface area contributed by atoms with Crippen LogP contribution in [0.2, 0.25) is 0 Å². The predicted molar refractivity (Wildman–Crippen MR) is 46.1 cm³/mol. The second-order valence-corrected chi connectivity index (χ2v) is 3.29. The third kappa shape index (κ3) is 3.86. The lowest BCUT2D eigenvalue weighted by atomic mass is 10.2. The van der Waals surface area contributed by atoms with Gasteiger partial charge in [-0.3, -0.25) is 4.74 Å². The summed E-state index contributed by atoms with van der Waals surface area (Å²) in [4.78, 5) is 3.95. The van der Waals surface area contributed by atoms with Crippen LogP contribution in [0.1, 0.15) is 25.6 Å². The second-order valence-electron chi connectivity index (χ2n) is 3.29. The first-order valence-electron chi connectivity index (χ1n) is 4.48. The first-order valence-corrected chi connectivity index (χ1v) is 4.48. The van der Waals surface area contributed by atoms with E-state index in [9.17, 15) is 13.2 Å². The van der Waals surface area contributed by atoms with Crippen LogP contribution in [0.3, 0.4) is 0 Å². The van der Waals surface area contributed by atoms with Crippen LogP contribution >= 0.6 is 0 Å². The molecule has 0 aromatic carbocycles.